The molecule has 0 radical (unpaired) electrons. The van der Waals surface area contributed by atoms with Crippen molar-refractivity contribution < 1.29 is 14.3 Å². The van der Waals surface area contributed by atoms with Gasteiger partial charge in [0.15, 0.2) is 17.5 Å². The van der Waals surface area contributed by atoms with Gasteiger partial charge in [0.1, 0.15) is 0 Å². The number of rotatable bonds is 7. The molecule has 0 aliphatic carbocycles. The SMILES string of the molecule is CCNC(=NCCCC(=O)N1Cc2ccccc2C1)N(C)Cc1ccc2c(c1)OCO2.I. The molecule has 2 aromatic rings. The van der Waals surface area contributed by atoms with E-state index in [1.165, 1.54) is 11.1 Å². The lowest BCUT2D eigenvalue weighted by atomic mass is 10.1. The zero-order valence-electron chi connectivity index (χ0n) is 18.7. The van der Waals surface area contributed by atoms with Crippen LogP contribution in [-0.4, -0.2) is 48.6 Å². The smallest absolute Gasteiger partial charge is 0.231 e. The van der Waals surface area contributed by atoms with Crippen molar-refractivity contribution in [1.29, 1.82) is 0 Å². The molecule has 0 saturated carbocycles. The van der Waals surface area contributed by atoms with E-state index in [0.717, 1.165) is 49.1 Å². The number of nitrogens with one attached hydrogen (secondary N) is 1. The molecule has 2 aliphatic heterocycles. The lowest BCUT2D eigenvalue weighted by Crippen LogP contribution is -2.38. The highest BCUT2D eigenvalue weighted by molar-refractivity contribution is 14.0. The van der Waals surface area contributed by atoms with E-state index in [2.05, 4.69) is 29.3 Å². The number of nitrogens with zero attached hydrogens (tertiary/aromatic N) is 3. The van der Waals surface area contributed by atoms with E-state index in [9.17, 15) is 4.79 Å². The molecule has 2 aromatic carbocycles. The number of hydrogen-bond acceptors (Lipinski definition) is 4. The van der Waals surface area contributed by atoms with Crippen molar-refractivity contribution in [2.75, 3.05) is 26.9 Å². The highest BCUT2D eigenvalue weighted by atomic mass is 127. The van der Waals surface area contributed by atoms with Crippen molar-refractivity contribution in [2.24, 2.45) is 4.99 Å². The second-order valence-electron chi connectivity index (χ2n) is 7.90. The Morgan fingerprint density at radius 2 is 1.84 bits per heavy atom. The molecule has 0 fully saturated rings. The number of amides is 1. The number of hydrogen-bond donors (Lipinski definition) is 1. The summed E-state index contributed by atoms with van der Waals surface area (Å²) in [5.41, 5.74) is 3.64. The molecule has 2 heterocycles. The van der Waals surface area contributed by atoms with Crippen molar-refractivity contribution in [3.05, 3.63) is 59.2 Å². The summed E-state index contributed by atoms with van der Waals surface area (Å²) in [6.45, 7) is 5.88. The third-order valence-electron chi connectivity index (χ3n) is 5.56. The summed E-state index contributed by atoms with van der Waals surface area (Å²) in [7, 11) is 2.01. The predicted octanol–water partition coefficient (Wildman–Crippen LogP) is 3.75. The zero-order chi connectivity index (χ0) is 21.6. The van der Waals surface area contributed by atoms with Crippen LogP contribution in [0.2, 0.25) is 0 Å². The number of fused-ring (bicyclic) bond motifs is 2. The van der Waals surface area contributed by atoms with Gasteiger partial charge in [0, 0.05) is 46.2 Å². The van der Waals surface area contributed by atoms with Gasteiger partial charge in [-0.25, -0.2) is 0 Å². The first kappa shape index (κ1) is 24.2. The van der Waals surface area contributed by atoms with Gasteiger partial charge in [0.25, 0.3) is 0 Å². The maximum absolute atomic E-state index is 12.6. The Kier molecular flexibility index (Phi) is 8.60. The largest absolute Gasteiger partial charge is 0.454 e. The molecular formula is C24H31IN4O3. The third kappa shape index (κ3) is 5.85. The number of benzene rings is 2. The second-order valence-corrected chi connectivity index (χ2v) is 7.90. The Hall–Kier alpha value is -2.49. The van der Waals surface area contributed by atoms with Gasteiger partial charge in [0.2, 0.25) is 12.7 Å². The van der Waals surface area contributed by atoms with E-state index in [1.807, 2.05) is 42.3 Å². The summed E-state index contributed by atoms with van der Waals surface area (Å²) in [5, 5.41) is 3.33. The summed E-state index contributed by atoms with van der Waals surface area (Å²) in [4.78, 5) is 21.3. The third-order valence-corrected chi connectivity index (χ3v) is 5.56. The Morgan fingerprint density at radius 1 is 1.12 bits per heavy atom. The van der Waals surface area contributed by atoms with Gasteiger partial charge in [-0.05, 0) is 42.2 Å². The quantitative estimate of drug-likeness (QED) is 0.246. The minimum absolute atomic E-state index is 0. The average Bonchev–Trinajstić information content (AvgIpc) is 3.42. The Bertz CT molecular complexity index is 941. The summed E-state index contributed by atoms with van der Waals surface area (Å²) in [5.74, 6) is 2.61. The van der Waals surface area contributed by atoms with Crippen molar-refractivity contribution in [1.82, 2.24) is 15.1 Å². The van der Waals surface area contributed by atoms with Gasteiger partial charge in [0.05, 0.1) is 0 Å². The fraction of sp³-hybridized carbons (Fsp3) is 0.417. The minimum Gasteiger partial charge on any atom is -0.454 e. The number of halogens is 1. The monoisotopic (exact) mass is 550 g/mol. The highest BCUT2D eigenvalue weighted by Crippen LogP contribution is 2.32. The van der Waals surface area contributed by atoms with E-state index in [0.29, 0.717) is 19.5 Å². The van der Waals surface area contributed by atoms with Crippen molar-refractivity contribution >= 4 is 35.8 Å². The number of carbonyl (C=O) groups is 1. The Morgan fingerprint density at radius 3 is 2.56 bits per heavy atom. The highest BCUT2D eigenvalue weighted by Gasteiger charge is 2.22. The maximum atomic E-state index is 12.6. The van der Waals surface area contributed by atoms with Gasteiger partial charge >= 0.3 is 0 Å². The Labute approximate surface area is 206 Å². The van der Waals surface area contributed by atoms with E-state index in [-0.39, 0.29) is 36.7 Å². The summed E-state index contributed by atoms with van der Waals surface area (Å²) >= 11 is 0. The number of carbonyl (C=O) groups excluding carboxylic acids is 1. The van der Waals surface area contributed by atoms with Crippen LogP contribution in [0.4, 0.5) is 0 Å². The van der Waals surface area contributed by atoms with Gasteiger partial charge in [-0.3, -0.25) is 9.79 Å². The maximum Gasteiger partial charge on any atom is 0.231 e. The first-order valence-corrected chi connectivity index (χ1v) is 10.9. The number of guanidine groups is 1. The zero-order valence-corrected chi connectivity index (χ0v) is 21.0. The number of aliphatic imine (C=N–C) groups is 1. The van der Waals surface area contributed by atoms with Crippen LogP contribution in [-0.2, 0) is 24.4 Å². The molecule has 32 heavy (non-hydrogen) atoms. The van der Waals surface area contributed by atoms with E-state index in [4.69, 9.17) is 14.5 Å². The lowest BCUT2D eigenvalue weighted by Gasteiger charge is -2.22. The summed E-state index contributed by atoms with van der Waals surface area (Å²) < 4.78 is 10.9. The molecule has 0 saturated heterocycles. The average molecular weight is 550 g/mol. The van der Waals surface area contributed by atoms with Gasteiger partial charge in [-0.2, -0.15) is 0 Å². The molecular weight excluding hydrogens is 519 g/mol. The molecule has 8 heteroatoms. The van der Waals surface area contributed by atoms with Crippen LogP contribution in [0, 0.1) is 0 Å². The first-order chi connectivity index (χ1) is 15.1. The molecule has 2 aliphatic rings. The van der Waals surface area contributed by atoms with Crippen molar-refractivity contribution in [3.63, 3.8) is 0 Å². The van der Waals surface area contributed by atoms with Crippen LogP contribution in [0.1, 0.15) is 36.5 Å². The van der Waals surface area contributed by atoms with Crippen LogP contribution in [0.5, 0.6) is 11.5 Å². The van der Waals surface area contributed by atoms with E-state index >= 15 is 0 Å². The topological polar surface area (TPSA) is 66.4 Å². The summed E-state index contributed by atoms with van der Waals surface area (Å²) in [6.07, 6.45) is 1.25. The van der Waals surface area contributed by atoms with E-state index in [1.54, 1.807) is 0 Å². The summed E-state index contributed by atoms with van der Waals surface area (Å²) in [6, 6.07) is 14.3. The molecule has 1 N–H and O–H groups in total. The molecule has 0 spiro atoms. The minimum atomic E-state index is 0. The van der Waals surface area contributed by atoms with E-state index < -0.39 is 0 Å². The standard InChI is InChI=1S/C24H30N4O3.HI/c1-3-25-24(27(2)14-18-10-11-21-22(13-18)31-17-30-21)26-12-6-9-23(29)28-15-19-7-4-5-8-20(19)16-28;/h4-5,7-8,10-11,13H,3,6,9,12,14-17H2,1-2H3,(H,25,26);1H. The molecule has 172 valence electrons. The molecule has 4 rings (SSSR count). The normalized spacial score (nSPS) is 14.1. The van der Waals surface area contributed by atoms with Crippen LogP contribution in [0.3, 0.4) is 0 Å². The van der Waals surface area contributed by atoms with Crippen molar-refractivity contribution in [2.45, 2.75) is 39.4 Å². The van der Waals surface area contributed by atoms with Crippen LogP contribution < -0.4 is 14.8 Å². The van der Waals surface area contributed by atoms with Crippen LogP contribution >= 0.6 is 24.0 Å². The molecule has 1 amide bonds. The second kappa shape index (κ2) is 11.4. The lowest BCUT2D eigenvalue weighted by molar-refractivity contribution is -0.131. The van der Waals surface area contributed by atoms with Gasteiger partial charge in [-0.1, -0.05) is 30.3 Å². The number of ether oxygens (including phenoxy) is 2. The molecule has 0 bridgehead atoms. The molecule has 0 atom stereocenters. The van der Waals surface area contributed by atoms with Crippen LogP contribution in [0.25, 0.3) is 0 Å². The van der Waals surface area contributed by atoms with Crippen molar-refractivity contribution in [3.8, 4) is 11.5 Å². The first-order valence-electron chi connectivity index (χ1n) is 10.9. The molecule has 0 aromatic heterocycles. The fourth-order valence-corrected chi connectivity index (χ4v) is 3.94. The molecule has 0 unspecified atom stereocenters. The van der Waals surface area contributed by atoms with Gasteiger partial charge in [-0.15, -0.1) is 24.0 Å². The molecule has 7 nitrogen and oxygen atoms in total. The Balaban J connectivity index is 0.00000289. The van der Waals surface area contributed by atoms with Gasteiger partial charge < -0.3 is 24.6 Å². The fourth-order valence-electron chi connectivity index (χ4n) is 3.94. The van der Waals surface area contributed by atoms with Crippen LogP contribution in [0.15, 0.2) is 47.5 Å². The predicted molar refractivity (Wildman–Crippen MR) is 135 cm³/mol.